The molecule has 0 bridgehead atoms. The third-order valence-corrected chi connectivity index (χ3v) is 4.90. The molecule has 0 radical (unpaired) electrons. The Labute approximate surface area is 94.1 Å². The number of carbonyl (C=O) groups is 1. The van der Waals surface area contributed by atoms with Gasteiger partial charge in [-0.2, -0.15) is 0 Å². The third-order valence-electron chi connectivity index (χ3n) is 4.35. The molecule has 1 saturated heterocycles. The topological polar surface area (TPSA) is 38.8 Å². The highest BCUT2D eigenvalue weighted by Crippen LogP contribution is 2.70. The van der Waals surface area contributed by atoms with E-state index in [0.29, 0.717) is 5.92 Å². The molecular formula is C11H15ClO3. The van der Waals surface area contributed by atoms with Gasteiger partial charge in [0, 0.05) is 0 Å². The lowest BCUT2D eigenvalue weighted by atomic mass is 9.57. The van der Waals surface area contributed by atoms with Crippen molar-refractivity contribution in [2.45, 2.75) is 42.8 Å². The maximum absolute atomic E-state index is 11.5. The largest absolute Gasteiger partial charge is 0.466 e. The molecule has 0 aromatic carbocycles. The molecule has 84 valence electrons. The van der Waals surface area contributed by atoms with Crippen molar-refractivity contribution >= 4 is 17.6 Å². The molecule has 4 heteroatoms. The van der Waals surface area contributed by atoms with Crippen LogP contribution < -0.4 is 0 Å². The summed E-state index contributed by atoms with van der Waals surface area (Å²) in [6.45, 7) is 0. The van der Waals surface area contributed by atoms with Gasteiger partial charge in [0.25, 0.3) is 5.06 Å². The zero-order chi connectivity index (χ0) is 10.7. The van der Waals surface area contributed by atoms with Crippen molar-refractivity contribution in [2.75, 3.05) is 7.11 Å². The predicted octanol–water partition coefficient (Wildman–Crippen LogP) is 2.07. The van der Waals surface area contributed by atoms with Crippen LogP contribution in [0.5, 0.6) is 0 Å². The minimum absolute atomic E-state index is 0.368. The molecule has 0 amide bonds. The fraction of sp³-hybridized carbons (Fsp3) is 0.909. The number of epoxide rings is 1. The van der Waals surface area contributed by atoms with Gasteiger partial charge in [0.05, 0.1) is 7.11 Å². The smallest absolute Gasteiger partial charge is 0.357 e. The molecule has 1 heterocycles. The van der Waals surface area contributed by atoms with E-state index in [1.54, 1.807) is 0 Å². The normalized spacial score (nSPS) is 51.9. The summed E-state index contributed by atoms with van der Waals surface area (Å²) in [4.78, 5) is 11.5. The predicted molar refractivity (Wildman–Crippen MR) is 54.5 cm³/mol. The Kier molecular flexibility index (Phi) is 1.91. The standard InChI is InChI=1S/C11H15ClO3/c1-14-9(13)11(12)10(15-11)6-7-4-2-3-5-8(7)10/h7-8H,2-6H2,1H3. The summed E-state index contributed by atoms with van der Waals surface area (Å²) in [6, 6.07) is 0. The first-order chi connectivity index (χ1) is 7.14. The molecule has 1 aliphatic heterocycles. The highest BCUT2D eigenvalue weighted by molar-refractivity contribution is 6.36. The molecule has 4 atom stereocenters. The Hall–Kier alpha value is -0.280. The van der Waals surface area contributed by atoms with Crippen molar-refractivity contribution < 1.29 is 14.3 Å². The second kappa shape index (κ2) is 2.89. The number of hydrogen-bond acceptors (Lipinski definition) is 3. The maximum Gasteiger partial charge on any atom is 0.357 e. The zero-order valence-corrected chi connectivity index (χ0v) is 9.55. The maximum atomic E-state index is 11.5. The number of fused-ring (bicyclic) bond motifs is 2. The van der Waals surface area contributed by atoms with Crippen LogP contribution in [0.1, 0.15) is 32.1 Å². The van der Waals surface area contributed by atoms with E-state index >= 15 is 0 Å². The van der Waals surface area contributed by atoms with Crippen LogP contribution in [-0.4, -0.2) is 23.7 Å². The Morgan fingerprint density at radius 3 is 2.87 bits per heavy atom. The minimum Gasteiger partial charge on any atom is -0.466 e. The van der Waals surface area contributed by atoms with E-state index in [9.17, 15) is 4.79 Å². The van der Waals surface area contributed by atoms with E-state index in [4.69, 9.17) is 21.1 Å². The molecule has 3 fully saturated rings. The van der Waals surface area contributed by atoms with Gasteiger partial charge in [-0.3, -0.25) is 0 Å². The van der Waals surface area contributed by atoms with Crippen molar-refractivity contribution in [2.24, 2.45) is 11.8 Å². The van der Waals surface area contributed by atoms with Gasteiger partial charge in [-0.1, -0.05) is 24.4 Å². The van der Waals surface area contributed by atoms with Gasteiger partial charge in [-0.05, 0) is 31.1 Å². The van der Waals surface area contributed by atoms with Crippen LogP contribution in [0.2, 0.25) is 0 Å². The molecule has 0 aromatic heterocycles. The number of rotatable bonds is 1. The van der Waals surface area contributed by atoms with Crippen molar-refractivity contribution in [1.82, 2.24) is 0 Å². The van der Waals surface area contributed by atoms with Crippen molar-refractivity contribution in [1.29, 1.82) is 0 Å². The second-order valence-electron chi connectivity index (χ2n) is 4.93. The van der Waals surface area contributed by atoms with Crippen LogP contribution in [-0.2, 0) is 14.3 Å². The lowest BCUT2D eigenvalue weighted by Gasteiger charge is -2.46. The zero-order valence-electron chi connectivity index (χ0n) is 8.79. The van der Waals surface area contributed by atoms with Crippen LogP contribution in [0, 0.1) is 11.8 Å². The molecule has 3 aliphatic rings. The molecule has 15 heavy (non-hydrogen) atoms. The molecule has 3 rings (SSSR count). The first-order valence-electron chi connectivity index (χ1n) is 5.61. The van der Waals surface area contributed by atoms with E-state index in [0.717, 1.165) is 18.8 Å². The highest BCUT2D eigenvalue weighted by atomic mass is 35.5. The SMILES string of the molecule is COC(=O)C1(Cl)OC12CC1CCCCC12. The number of ether oxygens (including phenoxy) is 2. The van der Waals surface area contributed by atoms with Gasteiger partial charge in [0.2, 0.25) is 0 Å². The van der Waals surface area contributed by atoms with Crippen LogP contribution in [0.3, 0.4) is 0 Å². The monoisotopic (exact) mass is 230 g/mol. The fourth-order valence-corrected chi connectivity index (χ4v) is 3.94. The second-order valence-corrected chi connectivity index (χ2v) is 5.47. The molecule has 2 aliphatic carbocycles. The van der Waals surface area contributed by atoms with Gasteiger partial charge in [0.1, 0.15) is 5.60 Å². The highest BCUT2D eigenvalue weighted by Gasteiger charge is 2.83. The average molecular weight is 231 g/mol. The fourth-order valence-electron chi connectivity index (χ4n) is 3.50. The summed E-state index contributed by atoms with van der Waals surface area (Å²) in [5.74, 6) is 0.792. The van der Waals surface area contributed by atoms with Gasteiger partial charge in [-0.15, -0.1) is 0 Å². The lowest BCUT2D eigenvalue weighted by molar-refractivity contribution is -0.144. The van der Waals surface area contributed by atoms with Crippen LogP contribution >= 0.6 is 11.6 Å². The summed E-state index contributed by atoms with van der Waals surface area (Å²) in [6.07, 6.45) is 5.90. The molecule has 0 N–H and O–H groups in total. The van der Waals surface area contributed by atoms with Gasteiger partial charge < -0.3 is 9.47 Å². The number of halogens is 1. The van der Waals surface area contributed by atoms with Gasteiger partial charge in [0.15, 0.2) is 0 Å². The Balaban J connectivity index is 1.77. The third kappa shape index (κ3) is 1.03. The summed E-state index contributed by atoms with van der Waals surface area (Å²) in [5.41, 5.74) is -0.368. The minimum atomic E-state index is -1.15. The van der Waals surface area contributed by atoms with Crippen molar-refractivity contribution in [3.63, 3.8) is 0 Å². The van der Waals surface area contributed by atoms with Crippen molar-refractivity contribution in [3.8, 4) is 0 Å². The van der Waals surface area contributed by atoms with E-state index in [1.165, 1.54) is 26.4 Å². The summed E-state index contributed by atoms with van der Waals surface area (Å²) in [7, 11) is 1.36. The molecule has 0 aromatic rings. The van der Waals surface area contributed by atoms with E-state index in [-0.39, 0.29) is 5.60 Å². The first-order valence-corrected chi connectivity index (χ1v) is 5.99. The van der Waals surface area contributed by atoms with E-state index in [2.05, 4.69) is 0 Å². The number of hydrogen-bond donors (Lipinski definition) is 0. The first kappa shape index (κ1) is 9.91. The van der Waals surface area contributed by atoms with Gasteiger partial charge >= 0.3 is 5.97 Å². The Morgan fingerprint density at radius 1 is 1.47 bits per heavy atom. The molecule has 3 nitrogen and oxygen atoms in total. The number of esters is 1. The van der Waals surface area contributed by atoms with Crippen LogP contribution in [0.15, 0.2) is 0 Å². The lowest BCUT2D eigenvalue weighted by Crippen LogP contribution is -2.51. The van der Waals surface area contributed by atoms with E-state index in [1.807, 2.05) is 0 Å². The molecular weight excluding hydrogens is 216 g/mol. The summed E-state index contributed by atoms with van der Waals surface area (Å²) >= 11 is 6.18. The molecule has 2 saturated carbocycles. The number of carbonyl (C=O) groups excluding carboxylic acids is 1. The number of methoxy groups -OCH3 is 1. The van der Waals surface area contributed by atoms with Crippen molar-refractivity contribution in [3.05, 3.63) is 0 Å². The van der Waals surface area contributed by atoms with Crippen LogP contribution in [0.4, 0.5) is 0 Å². The Bertz CT molecular complexity index is 319. The number of alkyl halides is 1. The summed E-state index contributed by atoms with van der Waals surface area (Å²) < 4.78 is 10.2. The average Bonchev–Trinajstić information content (AvgIpc) is 2.87. The summed E-state index contributed by atoms with van der Waals surface area (Å²) in [5, 5.41) is -1.15. The molecule has 4 unspecified atom stereocenters. The molecule has 1 spiro atoms. The Morgan fingerprint density at radius 2 is 2.20 bits per heavy atom. The van der Waals surface area contributed by atoms with Crippen LogP contribution in [0.25, 0.3) is 0 Å². The van der Waals surface area contributed by atoms with E-state index < -0.39 is 11.0 Å². The van der Waals surface area contributed by atoms with Gasteiger partial charge in [-0.25, -0.2) is 4.79 Å². The quantitative estimate of drug-likeness (QED) is 0.393.